The van der Waals surface area contributed by atoms with E-state index < -0.39 is 5.56 Å². The van der Waals surface area contributed by atoms with E-state index in [-0.39, 0.29) is 16.2 Å². The lowest BCUT2D eigenvalue weighted by molar-refractivity contribution is -0.858. The van der Waals surface area contributed by atoms with Crippen molar-refractivity contribution in [2.24, 2.45) is 4.99 Å². The van der Waals surface area contributed by atoms with Crippen LogP contribution in [0.1, 0.15) is 12.0 Å². The van der Waals surface area contributed by atoms with Crippen LogP contribution in [-0.4, -0.2) is 62.3 Å². The molecule has 0 spiro atoms. The number of aromatic amines is 1. The van der Waals surface area contributed by atoms with Crippen LogP contribution in [0, 0.1) is 4.77 Å². The molecule has 0 aliphatic carbocycles. The van der Waals surface area contributed by atoms with Crippen molar-refractivity contribution in [3.63, 3.8) is 0 Å². The van der Waals surface area contributed by atoms with E-state index in [1.165, 1.54) is 29.9 Å². The van der Waals surface area contributed by atoms with Gasteiger partial charge in [-0.15, -0.1) is 0 Å². The number of aromatic nitrogens is 2. The van der Waals surface area contributed by atoms with Crippen molar-refractivity contribution >= 4 is 18.4 Å². The van der Waals surface area contributed by atoms with Crippen LogP contribution in [0.3, 0.4) is 0 Å². The van der Waals surface area contributed by atoms with Gasteiger partial charge in [-0.2, -0.15) is 0 Å². The van der Waals surface area contributed by atoms with E-state index in [4.69, 9.17) is 21.7 Å². The Kier molecular flexibility index (Phi) is 7.14. The molecule has 1 heterocycles. The molecule has 0 aliphatic heterocycles. The van der Waals surface area contributed by atoms with Crippen LogP contribution in [0.5, 0.6) is 17.4 Å². The molecule has 2 aromatic rings. The summed E-state index contributed by atoms with van der Waals surface area (Å²) >= 11 is 5.24. The molecular weight excluding hydrogens is 368 g/mol. The Bertz CT molecular complexity index is 934. The maximum absolute atomic E-state index is 12.2. The second kappa shape index (κ2) is 9.33. The second-order valence-electron chi connectivity index (χ2n) is 6.22. The topological polar surface area (TPSA) is 93.3 Å². The summed E-state index contributed by atoms with van der Waals surface area (Å²) < 4.78 is 12.0. The molecule has 3 N–H and O–H groups in total. The van der Waals surface area contributed by atoms with Crippen LogP contribution in [0.2, 0.25) is 0 Å². The molecule has 0 saturated carbocycles. The Balaban J connectivity index is 2.49. The summed E-state index contributed by atoms with van der Waals surface area (Å²) in [6.07, 6.45) is 2.25. The van der Waals surface area contributed by atoms with Crippen molar-refractivity contribution in [1.82, 2.24) is 9.55 Å². The van der Waals surface area contributed by atoms with Gasteiger partial charge in [-0.05, 0) is 24.4 Å². The first kappa shape index (κ1) is 20.7. The lowest BCUT2D eigenvalue weighted by atomic mass is 10.2. The van der Waals surface area contributed by atoms with Crippen LogP contribution in [0.4, 0.5) is 0 Å². The highest BCUT2D eigenvalue weighted by Gasteiger charge is 2.16. The largest absolute Gasteiger partial charge is 0.497 e. The minimum atomic E-state index is -0.502. The van der Waals surface area contributed by atoms with Crippen molar-refractivity contribution in [1.29, 1.82) is 0 Å². The Morgan fingerprint density at radius 2 is 2.07 bits per heavy atom. The summed E-state index contributed by atoms with van der Waals surface area (Å²) in [6, 6.07) is 5.08. The number of H-pyrrole nitrogens is 1. The fraction of sp³-hybridized carbons (Fsp3) is 0.389. The van der Waals surface area contributed by atoms with Crippen LogP contribution in [-0.2, 0) is 0 Å². The molecule has 0 bridgehead atoms. The Labute approximate surface area is 162 Å². The van der Waals surface area contributed by atoms with Gasteiger partial charge in [0.2, 0.25) is 5.88 Å². The molecule has 0 atom stereocenters. The third kappa shape index (κ3) is 4.95. The molecule has 2 rings (SSSR count). The third-order valence-corrected chi connectivity index (χ3v) is 4.22. The van der Waals surface area contributed by atoms with E-state index in [0.29, 0.717) is 23.7 Å². The number of aliphatic imine (C=N–C) groups is 1. The van der Waals surface area contributed by atoms with Crippen molar-refractivity contribution in [2.45, 2.75) is 6.42 Å². The van der Waals surface area contributed by atoms with E-state index in [0.717, 1.165) is 13.0 Å². The number of benzene rings is 1. The Morgan fingerprint density at radius 1 is 1.33 bits per heavy atom. The van der Waals surface area contributed by atoms with Crippen LogP contribution in [0.25, 0.3) is 5.69 Å². The minimum Gasteiger partial charge on any atom is -0.497 e. The Hall–Kier alpha value is -2.65. The van der Waals surface area contributed by atoms with Crippen LogP contribution < -0.4 is 19.9 Å². The van der Waals surface area contributed by atoms with E-state index in [9.17, 15) is 9.90 Å². The summed E-state index contributed by atoms with van der Waals surface area (Å²) in [7, 11) is 7.16. The zero-order valence-electron chi connectivity index (χ0n) is 15.9. The van der Waals surface area contributed by atoms with Crippen molar-refractivity contribution < 1.29 is 19.5 Å². The molecule has 146 valence electrons. The number of methoxy groups -OCH3 is 2. The van der Waals surface area contributed by atoms with Crippen molar-refractivity contribution in [2.75, 3.05) is 41.4 Å². The minimum absolute atomic E-state index is 0.0330. The maximum atomic E-state index is 12.2. The lowest BCUT2D eigenvalue weighted by Crippen LogP contribution is -3.05. The fourth-order valence-corrected chi connectivity index (χ4v) is 2.81. The number of hydrogen-bond donors (Lipinski definition) is 3. The molecule has 27 heavy (non-hydrogen) atoms. The van der Waals surface area contributed by atoms with Crippen molar-refractivity contribution in [3.05, 3.63) is 38.9 Å². The first-order chi connectivity index (χ1) is 12.9. The van der Waals surface area contributed by atoms with Gasteiger partial charge in [-0.25, -0.2) is 0 Å². The summed E-state index contributed by atoms with van der Waals surface area (Å²) in [5.41, 5.74) is -0.0234. The second-order valence-corrected chi connectivity index (χ2v) is 6.60. The van der Waals surface area contributed by atoms with Gasteiger partial charge in [-0.1, -0.05) is 0 Å². The van der Waals surface area contributed by atoms with Gasteiger partial charge >= 0.3 is 0 Å². The van der Waals surface area contributed by atoms with E-state index >= 15 is 0 Å². The first-order valence-electron chi connectivity index (χ1n) is 8.48. The highest BCUT2D eigenvalue weighted by atomic mass is 32.1. The summed E-state index contributed by atoms with van der Waals surface area (Å²) in [5, 5.41) is 10.7. The molecule has 1 aromatic carbocycles. The number of rotatable bonds is 8. The van der Waals surface area contributed by atoms with Gasteiger partial charge < -0.3 is 19.5 Å². The van der Waals surface area contributed by atoms with E-state index in [1.54, 1.807) is 18.2 Å². The molecule has 0 saturated heterocycles. The summed E-state index contributed by atoms with van der Waals surface area (Å²) in [6.45, 7) is 1.52. The molecule has 0 unspecified atom stereocenters. The van der Waals surface area contributed by atoms with Gasteiger partial charge in [0.05, 0.1) is 40.5 Å². The smallest absolute Gasteiger partial charge is 0.264 e. The quantitative estimate of drug-likeness (QED) is 0.346. The number of quaternary nitrogens is 1. The molecular formula is C18H25N4O4S+. The van der Waals surface area contributed by atoms with Gasteiger partial charge in [-0.3, -0.25) is 19.3 Å². The SMILES string of the molecule is COc1ccc(OC)c(-n2c(O)c(C=NCCC[NH+](C)C)c(=O)[nH]c2=S)c1. The number of nitrogens with one attached hydrogen (secondary N) is 2. The molecule has 0 fully saturated rings. The van der Waals surface area contributed by atoms with E-state index in [1.807, 2.05) is 0 Å². The van der Waals surface area contributed by atoms with Crippen molar-refractivity contribution in [3.8, 4) is 23.1 Å². The molecule has 8 nitrogen and oxygen atoms in total. The zero-order valence-corrected chi connectivity index (χ0v) is 16.7. The predicted octanol–water partition coefficient (Wildman–Crippen LogP) is 0.571. The monoisotopic (exact) mass is 393 g/mol. The van der Waals surface area contributed by atoms with Gasteiger partial charge in [0.25, 0.3) is 5.56 Å². The molecule has 9 heteroatoms. The first-order valence-corrected chi connectivity index (χ1v) is 8.89. The fourth-order valence-electron chi connectivity index (χ4n) is 2.53. The molecule has 0 amide bonds. The molecule has 0 aliphatic rings. The summed E-state index contributed by atoms with van der Waals surface area (Å²) in [5.74, 6) is 0.711. The maximum Gasteiger partial charge on any atom is 0.264 e. The summed E-state index contributed by atoms with van der Waals surface area (Å²) in [4.78, 5) is 20.4. The Morgan fingerprint density at radius 3 is 2.70 bits per heavy atom. The zero-order chi connectivity index (χ0) is 20.0. The van der Waals surface area contributed by atoms with Crippen LogP contribution in [0.15, 0.2) is 28.0 Å². The molecule has 0 radical (unpaired) electrons. The standard InChI is InChI=1S/C18H24N4O4S/c1-21(2)9-5-8-19-11-13-16(23)20-18(27)22(17(13)24)14-10-12(25-3)6-7-15(14)26-4/h6-7,10-11,24H,5,8-9H2,1-4H3,(H,20,23,27)/p+1. The predicted molar refractivity (Wildman–Crippen MR) is 107 cm³/mol. The van der Waals surface area contributed by atoms with Gasteiger partial charge in [0.15, 0.2) is 4.77 Å². The van der Waals surface area contributed by atoms with Gasteiger partial charge in [0.1, 0.15) is 17.1 Å². The molecule has 1 aromatic heterocycles. The lowest BCUT2D eigenvalue weighted by Gasteiger charge is -2.15. The van der Waals surface area contributed by atoms with Gasteiger partial charge in [0, 0.05) is 25.2 Å². The highest BCUT2D eigenvalue weighted by molar-refractivity contribution is 7.71. The average molecular weight is 393 g/mol. The number of hydrogen-bond acceptors (Lipinski definition) is 6. The number of ether oxygens (including phenoxy) is 2. The number of aromatic hydroxyl groups is 1. The third-order valence-electron chi connectivity index (χ3n) is 3.93. The number of nitrogens with zero attached hydrogens (tertiary/aromatic N) is 2. The average Bonchev–Trinajstić information content (AvgIpc) is 2.63. The van der Waals surface area contributed by atoms with Crippen LogP contribution >= 0.6 is 12.2 Å². The highest BCUT2D eigenvalue weighted by Crippen LogP contribution is 2.30. The van der Waals surface area contributed by atoms with E-state index in [2.05, 4.69) is 24.1 Å². The normalized spacial score (nSPS) is 11.3.